The first kappa shape index (κ1) is 16.6. The lowest BCUT2D eigenvalue weighted by Gasteiger charge is -2.26. The SMILES string of the molecule is CC(C)(C)c1ccc2c(ccn3c4cc5c(cc4nc23)C2(C)CCC5(C)C2)c1. The Balaban J connectivity index is 1.65. The van der Waals surface area contributed by atoms with E-state index in [0.29, 0.717) is 10.8 Å². The molecule has 0 amide bonds. The van der Waals surface area contributed by atoms with Crippen LogP contribution >= 0.6 is 0 Å². The molecule has 0 radical (unpaired) electrons. The molecule has 2 aliphatic carbocycles. The molecule has 2 unspecified atom stereocenters. The quantitative estimate of drug-likeness (QED) is 0.339. The Bertz CT molecular complexity index is 1300. The van der Waals surface area contributed by atoms with E-state index in [1.54, 1.807) is 11.1 Å². The number of hydrogen-bond donors (Lipinski definition) is 0. The molecule has 0 saturated heterocycles. The van der Waals surface area contributed by atoms with Crippen LogP contribution in [-0.2, 0) is 16.2 Å². The molecule has 142 valence electrons. The molecule has 2 nitrogen and oxygen atoms in total. The highest BCUT2D eigenvalue weighted by atomic mass is 15.0. The second-order valence-electron chi connectivity index (χ2n) is 10.9. The third kappa shape index (κ3) is 1.96. The summed E-state index contributed by atoms with van der Waals surface area (Å²) in [5, 5.41) is 2.52. The van der Waals surface area contributed by atoms with E-state index in [9.17, 15) is 0 Å². The summed E-state index contributed by atoms with van der Waals surface area (Å²) in [5.41, 5.74) is 8.83. The van der Waals surface area contributed by atoms with Gasteiger partial charge >= 0.3 is 0 Å². The summed E-state index contributed by atoms with van der Waals surface area (Å²) in [6.07, 6.45) is 6.14. The lowest BCUT2D eigenvalue weighted by atomic mass is 9.78. The average molecular weight is 369 g/mol. The summed E-state index contributed by atoms with van der Waals surface area (Å²) in [5.74, 6) is 0. The average Bonchev–Trinajstić information content (AvgIpc) is 3.23. The number of imidazole rings is 1. The fourth-order valence-electron chi connectivity index (χ4n) is 6.06. The van der Waals surface area contributed by atoms with Gasteiger partial charge in [-0.25, -0.2) is 4.98 Å². The number of fused-ring (bicyclic) bond motifs is 10. The van der Waals surface area contributed by atoms with E-state index in [1.807, 2.05) is 0 Å². The normalized spacial score (nSPS) is 26.6. The molecule has 1 fully saturated rings. The predicted molar refractivity (Wildman–Crippen MR) is 117 cm³/mol. The lowest BCUT2D eigenvalue weighted by molar-refractivity contribution is 0.484. The molecule has 1 saturated carbocycles. The number of nitrogens with zero attached hydrogens (tertiary/aromatic N) is 2. The first-order valence-electron chi connectivity index (χ1n) is 10.6. The van der Waals surface area contributed by atoms with Crippen molar-refractivity contribution >= 4 is 27.5 Å². The van der Waals surface area contributed by atoms with Gasteiger partial charge in [-0.15, -0.1) is 0 Å². The molecule has 0 spiro atoms. The van der Waals surface area contributed by atoms with Crippen LogP contribution in [0.1, 0.15) is 70.6 Å². The fourth-order valence-corrected chi connectivity index (χ4v) is 6.06. The van der Waals surface area contributed by atoms with Gasteiger partial charge in [0.05, 0.1) is 11.0 Å². The van der Waals surface area contributed by atoms with Gasteiger partial charge in [-0.1, -0.05) is 52.8 Å². The molecule has 6 rings (SSSR count). The van der Waals surface area contributed by atoms with Gasteiger partial charge in [0, 0.05) is 11.6 Å². The second-order valence-corrected chi connectivity index (χ2v) is 10.9. The van der Waals surface area contributed by atoms with Crippen LogP contribution in [-0.4, -0.2) is 9.38 Å². The molecule has 4 aromatic rings. The number of aromatic nitrogens is 2. The Hall–Kier alpha value is -2.35. The fraction of sp³-hybridized carbons (Fsp3) is 0.423. The minimum atomic E-state index is 0.158. The van der Waals surface area contributed by atoms with Gasteiger partial charge < -0.3 is 0 Å². The smallest absolute Gasteiger partial charge is 0.145 e. The van der Waals surface area contributed by atoms with Crippen LogP contribution in [0.5, 0.6) is 0 Å². The van der Waals surface area contributed by atoms with Gasteiger partial charge in [0.1, 0.15) is 5.65 Å². The number of rotatable bonds is 0. The highest BCUT2D eigenvalue weighted by Gasteiger charge is 2.53. The van der Waals surface area contributed by atoms with Gasteiger partial charge in [-0.05, 0) is 75.8 Å². The second kappa shape index (κ2) is 4.79. The molecule has 2 aromatic heterocycles. The molecule has 0 aliphatic heterocycles. The molecule has 2 aromatic carbocycles. The molecule has 28 heavy (non-hydrogen) atoms. The summed E-state index contributed by atoms with van der Waals surface area (Å²) in [4.78, 5) is 5.11. The Morgan fingerprint density at radius 3 is 2.36 bits per heavy atom. The summed E-state index contributed by atoms with van der Waals surface area (Å²) in [7, 11) is 0. The van der Waals surface area contributed by atoms with Crippen molar-refractivity contribution in [3.8, 4) is 0 Å². The Morgan fingerprint density at radius 1 is 0.929 bits per heavy atom. The van der Waals surface area contributed by atoms with E-state index in [4.69, 9.17) is 4.98 Å². The van der Waals surface area contributed by atoms with Crippen molar-refractivity contribution in [2.45, 2.75) is 70.1 Å². The molecule has 2 bridgehead atoms. The predicted octanol–water partition coefficient (Wildman–Crippen LogP) is 6.65. The summed E-state index contributed by atoms with van der Waals surface area (Å²) < 4.78 is 2.30. The van der Waals surface area contributed by atoms with Crippen molar-refractivity contribution in [3.05, 3.63) is 59.3 Å². The van der Waals surface area contributed by atoms with Crippen molar-refractivity contribution in [1.82, 2.24) is 9.38 Å². The molecule has 2 heterocycles. The number of hydrogen-bond acceptors (Lipinski definition) is 1. The molecule has 2 atom stereocenters. The van der Waals surface area contributed by atoms with E-state index in [2.05, 4.69) is 81.6 Å². The maximum Gasteiger partial charge on any atom is 0.145 e. The molecule has 2 heteroatoms. The topological polar surface area (TPSA) is 17.3 Å². The molecule has 2 aliphatic rings. The van der Waals surface area contributed by atoms with Crippen molar-refractivity contribution in [2.24, 2.45) is 0 Å². The van der Waals surface area contributed by atoms with Crippen LogP contribution in [0.25, 0.3) is 27.5 Å². The van der Waals surface area contributed by atoms with E-state index in [1.165, 1.54) is 41.1 Å². The van der Waals surface area contributed by atoms with E-state index < -0.39 is 0 Å². The minimum Gasteiger partial charge on any atom is -0.299 e. The van der Waals surface area contributed by atoms with Gasteiger partial charge in [-0.2, -0.15) is 0 Å². The van der Waals surface area contributed by atoms with E-state index in [0.717, 1.165) is 11.2 Å². The third-order valence-electron chi connectivity index (χ3n) is 7.70. The van der Waals surface area contributed by atoms with Crippen molar-refractivity contribution < 1.29 is 0 Å². The molecular formula is C26H28N2. The highest BCUT2D eigenvalue weighted by Crippen LogP contribution is 2.60. The van der Waals surface area contributed by atoms with Gasteiger partial charge in [0.25, 0.3) is 0 Å². The van der Waals surface area contributed by atoms with E-state index in [-0.39, 0.29) is 5.41 Å². The zero-order valence-corrected chi connectivity index (χ0v) is 17.6. The van der Waals surface area contributed by atoms with Crippen LogP contribution in [0.15, 0.2) is 42.6 Å². The minimum absolute atomic E-state index is 0.158. The number of benzene rings is 2. The standard InChI is InChI=1S/C26H28N2/c1-24(2,3)17-6-7-18-16(12-17)8-11-28-22-14-20-19(13-21(22)27-23(18)28)25(4)9-10-26(20,5)15-25/h6-8,11-14H,9-10,15H2,1-5H3. The van der Waals surface area contributed by atoms with Crippen LogP contribution < -0.4 is 0 Å². The first-order chi connectivity index (χ1) is 13.2. The molecule has 0 N–H and O–H groups in total. The Kier molecular flexibility index (Phi) is 2.84. The summed E-state index contributed by atoms with van der Waals surface area (Å²) >= 11 is 0. The van der Waals surface area contributed by atoms with Gasteiger partial charge in [-0.3, -0.25) is 4.40 Å². The summed E-state index contributed by atoms with van der Waals surface area (Å²) in [6.45, 7) is 11.7. The Labute approximate surface area is 166 Å². The monoisotopic (exact) mass is 368 g/mol. The third-order valence-corrected chi connectivity index (χ3v) is 7.70. The van der Waals surface area contributed by atoms with Crippen LogP contribution in [0.4, 0.5) is 0 Å². The van der Waals surface area contributed by atoms with Gasteiger partial charge in [0.2, 0.25) is 0 Å². The lowest BCUT2D eigenvalue weighted by Crippen LogP contribution is -2.17. The zero-order valence-electron chi connectivity index (χ0n) is 17.6. The van der Waals surface area contributed by atoms with Crippen molar-refractivity contribution in [3.63, 3.8) is 0 Å². The number of pyridine rings is 1. The maximum atomic E-state index is 5.11. The highest BCUT2D eigenvalue weighted by molar-refractivity contribution is 5.98. The van der Waals surface area contributed by atoms with Crippen LogP contribution in [0.2, 0.25) is 0 Å². The summed E-state index contributed by atoms with van der Waals surface area (Å²) in [6, 6.07) is 14.0. The van der Waals surface area contributed by atoms with Crippen molar-refractivity contribution in [1.29, 1.82) is 0 Å². The maximum absolute atomic E-state index is 5.11. The Morgan fingerprint density at radius 2 is 1.64 bits per heavy atom. The zero-order chi connectivity index (χ0) is 19.5. The van der Waals surface area contributed by atoms with Gasteiger partial charge in [0.15, 0.2) is 0 Å². The molecular weight excluding hydrogens is 340 g/mol. The largest absolute Gasteiger partial charge is 0.299 e. The van der Waals surface area contributed by atoms with E-state index >= 15 is 0 Å². The van der Waals surface area contributed by atoms with Crippen molar-refractivity contribution in [2.75, 3.05) is 0 Å². The first-order valence-corrected chi connectivity index (χ1v) is 10.6. The van der Waals surface area contributed by atoms with Crippen LogP contribution in [0, 0.1) is 0 Å². The van der Waals surface area contributed by atoms with Crippen LogP contribution in [0.3, 0.4) is 0 Å².